The Morgan fingerprint density at radius 2 is 1.95 bits per heavy atom. The monoisotopic (exact) mass is 327 g/mol. The van der Waals surface area contributed by atoms with E-state index in [1.165, 1.54) is 5.56 Å². The molecule has 1 atom stereocenters. The number of aryl methyl sites for hydroxylation is 1. The summed E-state index contributed by atoms with van der Waals surface area (Å²) in [5, 5.41) is 9.37. The van der Waals surface area contributed by atoms with Gasteiger partial charge in [-0.2, -0.15) is 0 Å². The molecule has 124 valence electrons. The minimum absolute atomic E-state index is 0. The summed E-state index contributed by atoms with van der Waals surface area (Å²) in [6.07, 6.45) is 2.97. The zero-order valence-electron chi connectivity index (χ0n) is 13.1. The lowest BCUT2D eigenvalue weighted by Gasteiger charge is -2.32. The summed E-state index contributed by atoms with van der Waals surface area (Å²) < 4.78 is 5.68. The van der Waals surface area contributed by atoms with Gasteiger partial charge in [0.15, 0.2) is 6.10 Å². The van der Waals surface area contributed by atoms with Crippen molar-refractivity contribution in [3.63, 3.8) is 0 Å². The highest BCUT2D eigenvalue weighted by Crippen LogP contribution is 2.22. The van der Waals surface area contributed by atoms with E-state index >= 15 is 0 Å². The van der Waals surface area contributed by atoms with Gasteiger partial charge in [0.2, 0.25) is 0 Å². The van der Waals surface area contributed by atoms with Crippen molar-refractivity contribution >= 4 is 18.4 Å². The standard InChI is InChI=1S/C17H25NO3.ClH/c1-18-11-9-15(10-12-18)16(17(19)20)21-13-5-8-14-6-3-2-4-7-14;/h2-4,6-7,15-16H,5,8-13H2,1H3,(H,19,20);1H. The summed E-state index contributed by atoms with van der Waals surface area (Å²) >= 11 is 0. The van der Waals surface area contributed by atoms with Crippen molar-refractivity contribution in [1.29, 1.82) is 0 Å². The number of aliphatic carboxylic acids is 1. The molecule has 0 aliphatic carbocycles. The number of carboxylic acids is 1. The minimum atomic E-state index is -0.815. The molecule has 0 aromatic heterocycles. The van der Waals surface area contributed by atoms with Crippen molar-refractivity contribution in [2.75, 3.05) is 26.7 Å². The fourth-order valence-corrected chi connectivity index (χ4v) is 2.87. The average Bonchev–Trinajstić information content (AvgIpc) is 2.49. The van der Waals surface area contributed by atoms with E-state index in [0.717, 1.165) is 38.8 Å². The molecule has 1 saturated heterocycles. The molecule has 1 N–H and O–H groups in total. The second-order valence-electron chi connectivity index (χ2n) is 5.86. The van der Waals surface area contributed by atoms with E-state index < -0.39 is 12.1 Å². The van der Waals surface area contributed by atoms with Crippen LogP contribution < -0.4 is 0 Å². The summed E-state index contributed by atoms with van der Waals surface area (Å²) in [5.74, 6) is -0.667. The second-order valence-corrected chi connectivity index (χ2v) is 5.86. The lowest BCUT2D eigenvalue weighted by molar-refractivity contribution is -0.155. The van der Waals surface area contributed by atoms with Crippen molar-refractivity contribution in [3.05, 3.63) is 35.9 Å². The Balaban J connectivity index is 0.00000242. The maximum absolute atomic E-state index is 11.4. The first-order valence-electron chi connectivity index (χ1n) is 7.73. The molecular formula is C17H26ClNO3. The molecule has 1 aliphatic rings. The minimum Gasteiger partial charge on any atom is -0.479 e. The van der Waals surface area contributed by atoms with Gasteiger partial charge in [-0.25, -0.2) is 4.79 Å². The van der Waals surface area contributed by atoms with E-state index in [2.05, 4.69) is 24.1 Å². The Bertz CT molecular complexity index is 433. The van der Waals surface area contributed by atoms with Crippen molar-refractivity contribution in [2.24, 2.45) is 5.92 Å². The molecular weight excluding hydrogens is 302 g/mol. The highest BCUT2D eigenvalue weighted by atomic mass is 35.5. The first kappa shape index (κ1) is 18.9. The van der Waals surface area contributed by atoms with Gasteiger partial charge in [0.25, 0.3) is 0 Å². The van der Waals surface area contributed by atoms with E-state index in [0.29, 0.717) is 6.61 Å². The van der Waals surface area contributed by atoms with E-state index in [1.54, 1.807) is 0 Å². The Labute approximate surface area is 138 Å². The van der Waals surface area contributed by atoms with Crippen LogP contribution in [0.2, 0.25) is 0 Å². The third-order valence-electron chi connectivity index (χ3n) is 4.18. The van der Waals surface area contributed by atoms with Gasteiger partial charge in [0.1, 0.15) is 0 Å². The number of carboxylic acid groups (broad SMARTS) is 1. The number of piperidine rings is 1. The van der Waals surface area contributed by atoms with Gasteiger partial charge in [0.05, 0.1) is 0 Å². The second kappa shape index (κ2) is 9.82. The van der Waals surface area contributed by atoms with E-state index in [-0.39, 0.29) is 18.3 Å². The summed E-state index contributed by atoms with van der Waals surface area (Å²) in [5.41, 5.74) is 1.27. The summed E-state index contributed by atoms with van der Waals surface area (Å²) in [7, 11) is 2.08. The van der Waals surface area contributed by atoms with E-state index in [4.69, 9.17) is 4.74 Å². The van der Waals surface area contributed by atoms with Gasteiger partial charge in [-0.15, -0.1) is 12.4 Å². The summed E-state index contributed by atoms with van der Waals surface area (Å²) in [4.78, 5) is 13.6. The highest BCUT2D eigenvalue weighted by molar-refractivity contribution is 5.85. The largest absolute Gasteiger partial charge is 0.479 e. The third-order valence-corrected chi connectivity index (χ3v) is 4.18. The van der Waals surface area contributed by atoms with Gasteiger partial charge in [-0.3, -0.25) is 0 Å². The van der Waals surface area contributed by atoms with Crippen molar-refractivity contribution in [1.82, 2.24) is 4.90 Å². The van der Waals surface area contributed by atoms with Crippen LogP contribution in [0, 0.1) is 5.92 Å². The third kappa shape index (κ3) is 5.95. The number of hydrogen-bond acceptors (Lipinski definition) is 3. The molecule has 5 heteroatoms. The number of carbonyl (C=O) groups is 1. The Kier molecular flexibility index (Phi) is 8.46. The van der Waals surface area contributed by atoms with Gasteiger partial charge in [-0.05, 0) is 57.3 Å². The quantitative estimate of drug-likeness (QED) is 0.782. The van der Waals surface area contributed by atoms with Crippen LogP contribution in [0.25, 0.3) is 0 Å². The predicted molar refractivity (Wildman–Crippen MR) is 89.6 cm³/mol. The first-order valence-corrected chi connectivity index (χ1v) is 7.73. The zero-order valence-corrected chi connectivity index (χ0v) is 13.9. The molecule has 2 rings (SSSR count). The Morgan fingerprint density at radius 3 is 2.55 bits per heavy atom. The van der Waals surface area contributed by atoms with Crippen molar-refractivity contribution in [2.45, 2.75) is 31.8 Å². The van der Waals surface area contributed by atoms with Crippen molar-refractivity contribution in [3.8, 4) is 0 Å². The predicted octanol–water partition coefficient (Wildman–Crippen LogP) is 2.85. The maximum atomic E-state index is 11.4. The molecule has 1 aromatic carbocycles. The lowest BCUT2D eigenvalue weighted by Crippen LogP contribution is -2.40. The summed E-state index contributed by atoms with van der Waals surface area (Å²) in [6, 6.07) is 10.2. The molecule has 1 aromatic rings. The number of hydrogen-bond donors (Lipinski definition) is 1. The number of ether oxygens (including phenoxy) is 1. The molecule has 1 fully saturated rings. The smallest absolute Gasteiger partial charge is 0.333 e. The molecule has 1 heterocycles. The molecule has 22 heavy (non-hydrogen) atoms. The number of rotatable bonds is 7. The SMILES string of the molecule is CN1CCC(C(OCCCc2ccccc2)C(=O)O)CC1.Cl. The van der Waals surface area contributed by atoms with Crippen LogP contribution in [0.5, 0.6) is 0 Å². The van der Waals surface area contributed by atoms with Crippen molar-refractivity contribution < 1.29 is 14.6 Å². The van der Waals surface area contributed by atoms with Crippen LogP contribution in [-0.2, 0) is 16.0 Å². The number of nitrogens with zero attached hydrogens (tertiary/aromatic N) is 1. The fraction of sp³-hybridized carbons (Fsp3) is 0.588. The van der Waals surface area contributed by atoms with Crippen LogP contribution in [0.15, 0.2) is 30.3 Å². The van der Waals surface area contributed by atoms with Gasteiger partial charge in [0, 0.05) is 6.61 Å². The number of halogens is 1. The van der Waals surface area contributed by atoms with E-state index in [1.807, 2.05) is 18.2 Å². The Hall–Kier alpha value is -1.10. The number of likely N-dealkylation sites (tertiary alicyclic amines) is 1. The van der Waals surface area contributed by atoms with Crippen LogP contribution in [0.4, 0.5) is 0 Å². The van der Waals surface area contributed by atoms with E-state index in [9.17, 15) is 9.90 Å². The normalized spacial score (nSPS) is 17.7. The molecule has 0 bridgehead atoms. The van der Waals surface area contributed by atoms with Gasteiger partial charge >= 0.3 is 5.97 Å². The lowest BCUT2D eigenvalue weighted by atomic mass is 9.91. The summed E-state index contributed by atoms with van der Waals surface area (Å²) in [6.45, 7) is 2.43. The van der Waals surface area contributed by atoms with Gasteiger partial charge < -0.3 is 14.7 Å². The molecule has 4 nitrogen and oxygen atoms in total. The molecule has 0 amide bonds. The van der Waals surface area contributed by atoms with Crippen LogP contribution >= 0.6 is 12.4 Å². The maximum Gasteiger partial charge on any atom is 0.333 e. The topological polar surface area (TPSA) is 49.8 Å². The molecule has 0 saturated carbocycles. The molecule has 1 unspecified atom stereocenters. The average molecular weight is 328 g/mol. The molecule has 0 radical (unpaired) electrons. The van der Waals surface area contributed by atoms with Crippen LogP contribution in [0.1, 0.15) is 24.8 Å². The molecule has 0 spiro atoms. The molecule has 1 aliphatic heterocycles. The highest BCUT2D eigenvalue weighted by Gasteiger charge is 2.31. The van der Waals surface area contributed by atoms with Crippen LogP contribution in [0.3, 0.4) is 0 Å². The Morgan fingerprint density at radius 1 is 1.32 bits per heavy atom. The first-order chi connectivity index (χ1) is 10.2. The zero-order chi connectivity index (χ0) is 15.1. The van der Waals surface area contributed by atoms with Crippen LogP contribution in [-0.4, -0.2) is 48.8 Å². The fourth-order valence-electron chi connectivity index (χ4n) is 2.87. The number of benzene rings is 1. The van der Waals surface area contributed by atoms with Gasteiger partial charge in [-0.1, -0.05) is 30.3 Å².